The third-order valence-corrected chi connectivity index (χ3v) is 3.66. The number of hydrogen-bond acceptors (Lipinski definition) is 2. The van der Waals surface area contributed by atoms with Gasteiger partial charge in [0.25, 0.3) is 0 Å². The largest absolute Gasteiger partial charge is 1.00 e. The minimum atomic E-state index is -0.799. The van der Waals surface area contributed by atoms with Gasteiger partial charge in [-0.15, -0.1) is 0 Å². The highest BCUT2D eigenvalue weighted by molar-refractivity contribution is 4.55. The second-order valence-electron chi connectivity index (χ2n) is 5.07. The molecule has 0 heterocycles. The van der Waals surface area contributed by atoms with Crippen molar-refractivity contribution in [2.75, 3.05) is 6.54 Å². The Morgan fingerprint density at radius 1 is 0.833 bits per heavy atom. The van der Waals surface area contributed by atoms with Crippen LogP contribution >= 0.6 is 0 Å². The number of halogens is 1. The number of unbranched alkanes of at least 4 members (excludes halogenated alkanes) is 6. The fourth-order valence-corrected chi connectivity index (χ4v) is 2.30. The smallest absolute Gasteiger partial charge is 0.151 e. The first-order valence-electron chi connectivity index (χ1n) is 7.41. The van der Waals surface area contributed by atoms with Crippen LogP contribution in [0.5, 0.6) is 0 Å². The molecule has 3 nitrogen and oxygen atoms in total. The van der Waals surface area contributed by atoms with Gasteiger partial charge in [0.1, 0.15) is 6.54 Å². The van der Waals surface area contributed by atoms with E-state index in [1.54, 1.807) is 0 Å². The average molecular weight is 282 g/mol. The van der Waals surface area contributed by atoms with Crippen molar-refractivity contribution in [1.29, 1.82) is 0 Å². The van der Waals surface area contributed by atoms with Gasteiger partial charge < -0.3 is 12.4 Å². The molecule has 0 radical (unpaired) electrons. The highest BCUT2D eigenvalue weighted by Gasteiger charge is 2.31. The number of rotatable bonds is 11. The van der Waals surface area contributed by atoms with Gasteiger partial charge in [0.15, 0.2) is 6.04 Å². The second-order valence-corrected chi connectivity index (χ2v) is 5.07. The van der Waals surface area contributed by atoms with Crippen LogP contribution in [0.3, 0.4) is 0 Å². The van der Waals surface area contributed by atoms with Crippen molar-refractivity contribution in [2.24, 2.45) is 0 Å². The molecule has 18 heavy (non-hydrogen) atoms. The molecule has 2 N–H and O–H groups in total. The van der Waals surface area contributed by atoms with E-state index in [1.165, 1.54) is 38.5 Å². The Balaban J connectivity index is 0. The van der Waals surface area contributed by atoms with Gasteiger partial charge in [-0.1, -0.05) is 52.4 Å². The van der Waals surface area contributed by atoms with Crippen molar-refractivity contribution in [3.8, 4) is 0 Å². The maximum absolute atomic E-state index is 9.75. The molecule has 112 valence electrons. The van der Waals surface area contributed by atoms with E-state index in [0.29, 0.717) is 6.54 Å². The lowest BCUT2D eigenvalue weighted by atomic mass is 10.0. The predicted octanol–water partition coefficient (Wildman–Crippen LogP) is 1.52. The maximum Gasteiger partial charge on any atom is 0.151 e. The average Bonchev–Trinajstić information content (AvgIpc) is 2.32. The van der Waals surface area contributed by atoms with E-state index in [-0.39, 0.29) is 18.4 Å². The summed E-state index contributed by atoms with van der Waals surface area (Å²) in [6.07, 6.45) is 10.7. The molecule has 0 amide bonds. The molecule has 4 heteroatoms. The molecule has 0 aromatic rings. The molecule has 0 aliphatic heterocycles. The summed E-state index contributed by atoms with van der Waals surface area (Å²) < 4.78 is 0. The molecule has 0 bridgehead atoms. The molecule has 0 aromatic carbocycles. The SMILES string of the molecule is CCCCCCCCCC(CC)[N+](O)(O)CC.[Cl-]. The van der Waals surface area contributed by atoms with Crippen LogP contribution in [-0.4, -0.2) is 27.8 Å². The fraction of sp³-hybridized carbons (Fsp3) is 1.00. The first-order valence-corrected chi connectivity index (χ1v) is 7.41. The molecule has 0 spiro atoms. The molecule has 0 saturated carbocycles. The van der Waals surface area contributed by atoms with Crippen molar-refractivity contribution in [2.45, 2.75) is 84.6 Å². The highest BCUT2D eigenvalue weighted by atomic mass is 35.5. The van der Waals surface area contributed by atoms with Crippen LogP contribution in [0.15, 0.2) is 0 Å². The van der Waals surface area contributed by atoms with E-state index >= 15 is 0 Å². The lowest BCUT2D eigenvalue weighted by Gasteiger charge is -2.28. The number of quaternary nitrogens is 1. The second kappa shape index (κ2) is 12.2. The third-order valence-electron chi connectivity index (χ3n) is 3.66. The number of hydrogen-bond donors (Lipinski definition) is 2. The van der Waals surface area contributed by atoms with E-state index < -0.39 is 4.81 Å². The van der Waals surface area contributed by atoms with Crippen molar-refractivity contribution in [3.05, 3.63) is 0 Å². The summed E-state index contributed by atoms with van der Waals surface area (Å²) in [4.78, 5) is -0.799. The molecular formula is C14H32ClNO2. The van der Waals surface area contributed by atoms with Crippen molar-refractivity contribution in [3.63, 3.8) is 0 Å². The molecule has 0 saturated heterocycles. The van der Waals surface area contributed by atoms with Crippen molar-refractivity contribution >= 4 is 0 Å². The van der Waals surface area contributed by atoms with Crippen LogP contribution in [0.1, 0.15) is 78.6 Å². The summed E-state index contributed by atoms with van der Waals surface area (Å²) in [5, 5.41) is 19.5. The van der Waals surface area contributed by atoms with Crippen molar-refractivity contribution < 1.29 is 27.6 Å². The molecule has 1 unspecified atom stereocenters. The summed E-state index contributed by atoms with van der Waals surface area (Å²) in [6.45, 7) is 6.44. The molecular weight excluding hydrogens is 250 g/mol. The Morgan fingerprint density at radius 3 is 1.78 bits per heavy atom. The van der Waals surface area contributed by atoms with E-state index in [4.69, 9.17) is 0 Å². The third kappa shape index (κ3) is 9.15. The summed E-state index contributed by atoms with van der Waals surface area (Å²) in [5.41, 5.74) is 0. The van der Waals surface area contributed by atoms with Gasteiger partial charge >= 0.3 is 0 Å². The van der Waals surface area contributed by atoms with Gasteiger partial charge in [-0.2, -0.15) is 10.4 Å². The molecule has 0 rings (SSSR count). The van der Waals surface area contributed by atoms with Gasteiger partial charge in [-0.05, 0) is 18.2 Å². The molecule has 0 aromatic heterocycles. The van der Waals surface area contributed by atoms with Crippen LogP contribution < -0.4 is 12.4 Å². The van der Waals surface area contributed by atoms with Gasteiger partial charge in [-0.3, -0.25) is 0 Å². The standard InChI is InChI=1S/C14H32NO2.ClH/c1-4-7-8-9-10-11-12-13-14(5-2)15(16,17)6-3;/h14,16-17H,4-13H2,1-3H3;1H/q+1;/p-1. The minimum Gasteiger partial charge on any atom is -1.00 e. The lowest BCUT2D eigenvalue weighted by Crippen LogP contribution is -3.00. The molecule has 0 aliphatic rings. The van der Waals surface area contributed by atoms with Crippen LogP contribution in [0.2, 0.25) is 0 Å². The Hall–Kier alpha value is 0.170. The Morgan fingerprint density at radius 2 is 1.33 bits per heavy atom. The Kier molecular flexibility index (Phi) is 13.9. The fourth-order valence-electron chi connectivity index (χ4n) is 2.30. The van der Waals surface area contributed by atoms with E-state index in [0.717, 1.165) is 19.3 Å². The monoisotopic (exact) mass is 281 g/mol. The summed E-state index contributed by atoms with van der Waals surface area (Å²) in [5.74, 6) is 0. The quantitative estimate of drug-likeness (QED) is 0.343. The highest BCUT2D eigenvalue weighted by Crippen LogP contribution is 2.17. The van der Waals surface area contributed by atoms with Gasteiger partial charge in [0.05, 0.1) is 0 Å². The van der Waals surface area contributed by atoms with Crippen molar-refractivity contribution in [1.82, 2.24) is 0 Å². The van der Waals surface area contributed by atoms with Crippen LogP contribution in [0.4, 0.5) is 0 Å². The minimum absolute atomic E-state index is 0. The first kappa shape index (κ1) is 20.5. The van der Waals surface area contributed by atoms with Gasteiger partial charge in [0.2, 0.25) is 0 Å². The van der Waals surface area contributed by atoms with Crippen LogP contribution in [0, 0.1) is 0 Å². The molecule has 1 atom stereocenters. The van der Waals surface area contributed by atoms with Crippen LogP contribution in [-0.2, 0) is 0 Å². The zero-order chi connectivity index (χ0) is 13.1. The zero-order valence-corrected chi connectivity index (χ0v) is 13.1. The van der Waals surface area contributed by atoms with E-state index in [1.807, 2.05) is 13.8 Å². The predicted molar refractivity (Wildman–Crippen MR) is 71.1 cm³/mol. The van der Waals surface area contributed by atoms with E-state index in [9.17, 15) is 10.4 Å². The topological polar surface area (TPSA) is 40.5 Å². The Bertz CT molecular complexity index is 177. The zero-order valence-electron chi connectivity index (χ0n) is 12.4. The summed E-state index contributed by atoms with van der Waals surface area (Å²) >= 11 is 0. The summed E-state index contributed by atoms with van der Waals surface area (Å²) in [6, 6.07) is -0.0179. The number of nitrogens with zero attached hydrogens (tertiary/aromatic N) is 1. The van der Waals surface area contributed by atoms with Gasteiger partial charge in [-0.25, -0.2) is 0 Å². The van der Waals surface area contributed by atoms with E-state index in [2.05, 4.69) is 6.92 Å². The number of hydroxylamine groups is 4. The first-order chi connectivity index (χ1) is 8.08. The normalized spacial score (nSPS) is 13.2. The molecule has 0 fully saturated rings. The summed E-state index contributed by atoms with van der Waals surface area (Å²) in [7, 11) is 0. The van der Waals surface area contributed by atoms with Gasteiger partial charge in [0, 0.05) is 12.8 Å². The van der Waals surface area contributed by atoms with Crippen LogP contribution in [0.25, 0.3) is 0 Å². The Labute approximate surface area is 119 Å². The maximum atomic E-state index is 9.75. The molecule has 0 aliphatic carbocycles. The lowest BCUT2D eigenvalue weighted by molar-refractivity contribution is -1.26.